The number of ether oxygens (including phenoxy) is 1. The molecule has 0 aliphatic carbocycles. The van der Waals surface area contributed by atoms with E-state index in [1.165, 1.54) is 11.7 Å². The first-order valence-corrected chi connectivity index (χ1v) is 5.01. The summed E-state index contributed by atoms with van der Waals surface area (Å²) in [5.74, 6) is 0. The van der Waals surface area contributed by atoms with Gasteiger partial charge in [-0.1, -0.05) is 18.2 Å². The Balaban J connectivity index is 2.65. The summed E-state index contributed by atoms with van der Waals surface area (Å²) >= 11 is 0. The van der Waals surface area contributed by atoms with Crippen molar-refractivity contribution in [3.05, 3.63) is 46.9 Å². The molecule has 0 radical (unpaired) electrons. The van der Waals surface area contributed by atoms with E-state index in [1.807, 2.05) is 24.3 Å². The molecular formula is C12H13NO3. The molecule has 0 saturated heterocycles. The number of hydrogen-bond donors (Lipinski definition) is 1. The van der Waals surface area contributed by atoms with Crippen molar-refractivity contribution in [3.8, 4) is 0 Å². The first kappa shape index (κ1) is 10.9. The lowest BCUT2D eigenvalue weighted by atomic mass is 10.2. The van der Waals surface area contributed by atoms with Gasteiger partial charge in [-0.3, -0.25) is 9.36 Å². The molecule has 16 heavy (non-hydrogen) atoms. The maximum absolute atomic E-state index is 12.1. The Labute approximate surface area is 92.7 Å². The van der Waals surface area contributed by atoms with E-state index in [0.717, 1.165) is 5.39 Å². The Bertz CT molecular complexity index is 543. The standard InChI is InChI=1S/C12H13NO3/c1-16-11(8-14)13-7-6-9-4-2-3-5-10(9)12(13)15/h2-7,11,14H,8H2,1H3. The summed E-state index contributed by atoms with van der Waals surface area (Å²) in [6.45, 7) is -0.227. The van der Waals surface area contributed by atoms with Crippen molar-refractivity contribution in [2.45, 2.75) is 6.23 Å². The van der Waals surface area contributed by atoms with Crippen LogP contribution in [0.2, 0.25) is 0 Å². The fourth-order valence-corrected chi connectivity index (χ4v) is 1.71. The third-order valence-corrected chi connectivity index (χ3v) is 2.58. The van der Waals surface area contributed by atoms with Crippen LogP contribution in [0.1, 0.15) is 6.23 Å². The Morgan fingerprint density at radius 2 is 2.12 bits per heavy atom. The van der Waals surface area contributed by atoms with Crippen molar-refractivity contribution < 1.29 is 9.84 Å². The van der Waals surface area contributed by atoms with Crippen LogP contribution in [0.15, 0.2) is 41.3 Å². The lowest BCUT2D eigenvalue weighted by Crippen LogP contribution is -2.27. The van der Waals surface area contributed by atoms with Crippen molar-refractivity contribution >= 4 is 10.8 Å². The fraction of sp³-hybridized carbons (Fsp3) is 0.250. The molecule has 84 valence electrons. The number of aliphatic hydroxyl groups is 1. The van der Waals surface area contributed by atoms with Crippen LogP contribution >= 0.6 is 0 Å². The molecule has 1 aromatic carbocycles. The second-order valence-corrected chi connectivity index (χ2v) is 3.49. The van der Waals surface area contributed by atoms with E-state index in [4.69, 9.17) is 9.84 Å². The topological polar surface area (TPSA) is 51.5 Å². The molecule has 1 N–H and O–H groups in total. The summed E-state index contributed by atoms with van der Waals surface area (Å²) in [5.41, 5.74) is -0.154. The molecule has 0 aliphatic heterocycles. The lowest BCUT2D eigenvalue weighted by molar-refractivity contribution is -0.00458. The van der Waals surface area contributed by atoms with Crippen LogP contribution in [0.25, 0.3) is 10.8 Å². The van der Waals surface area contributed by atoms with Crippen LogP contribution in [0, 0.1) is 0 Å². The highest BCUT2D eigenvalue weighted by molar-refractivity contribution is 5.81. The Hall–Kier alpha value is -1.65. The van der Waals surface area contributed by atoms with Gasteiger partial charge in [-0.2, -0.15) is 0 Å². The van der Waals surface area contributed by atoms with E-state index in [-0.39, 0.29) is 12.2 Å². The predicted molar refractivity (Wildman–Crippen MR) is 61.3 cm³/mol. The minimum absolute atomic E-state index is 0.154. The van der Waals surface area contributed by atoms with Crippen molar-refractivity contribution in [1.82, 2.24) is 4.57 Å². The van der Waals surface area contributed by atoms with Gasteiger partial charge in [0.25, 0.3) is 5.56 Å². The number of nitrogens with zero attached hydrogens (tertiary/aromatic N) is 1. The van der Waals surface area contributed by atoms with Gasteiger partial charge in [0.15, 0.2) is 6.23 Å². The average Bonchev–Trinajstić information content (AvgIpc) is 2.34. The van der Waals surface area contributed by atoms with Gasteiger partial charge < -0.3 is 9.84 Å². The number of benzene rings is 1. The zero-order valence-corrected chi connectivity index (χ0v) is 8.96. The minimum atomic E-state index is -0.628. The molecule has 0 spiro atoms. The zero-order valence-electron chi connectivity index (χ0n) is 8.96. The highest BCUT2D eigenvalue weighted by atomic mass is 16.5. The maximum Gasteiger partial charge on any atom is 0.260 e. The average molecular weight is 219 g/mol. The molecule has 2 aromatic rings. The lowest BCUT2D eigenvalue weighted by Gasteiger charge is -2.15. The molecule has 4 heteroatoms. The molecule has 1 aromatic heterocycles. The van der Waals surface area contributed by atoms with Crippen molar-refractivity contribution in [3.63, 3.8) is 0 Å². The summed E-state index contributed by atoms with van der Waals surface area (Å²) in [4.78, 5) is 12.1. The van der Waals surface area contributed by atoms with Gasteiger partial charge in [-0.15, -0.1) is 0 Å². The molecule has 0 bridgehead atoms. The van der Waals surface area contributed by atoms with Crippen LogP contribution in [-0.4, -0.2) is 23.4 Å². The second kappa shape index (κ2) is 4.47. The molecule has 1 atom stereocenters. The monoisotopic (exact) mass is 219 g/mol. The van der Waals surface area contributed by atoms with Gasteiger partial charge in [-0.25, -0.2) is 0 Å². The number of fused-ring (bicyclic) bond motifs is 1. The largest absolute Gasteiger partial charge is 0.392 e. The van der Waals surface area contributed by atoms with E-state index in [0.29, 0.717) is 5.39 Å². The minimum Gasteiger partial charge on any atom is -0.392 e. The zero-order chi connectivity index (χ0) is 11.5. The number of hydrogen-bond acceptors (Lipinski definition) is 3. The highest BCUT2D eigenvalue weighted by Gasteiger charge is 2.10. The first-order chi connectivity index (χ1) is 7.77. The Morgan fingerprint density at radius 3 is 2.81 bits per heavy atom. The van der Waals surface area contributed by atoms with Gasteiger partial charge in [0.2, 0.25) is 0 Å². The first-order valence-electron chi connectivity index (χ1n) is 5.01. The maximum atomic E-state index is 12.1. The van der Waals surface area contributed by atoms with Crippen LogP contribution in [0.5, 0.6) is 0 Å². The SMILES string of the molecule is COC(CO)n1ccc2ccccc2c1=O. The van der Waals surface area contributed by atoms with Gasteiger partial charge in [0.1, 0.15) is 0 Å². The molecule has 1 unspecified atom stereocenters. The van der Waals surface area contributed by atoms with Crippen molar-refractivity contribution in [1.29, 1.82) is 0 Å². The Kier molecular flexibility index (Phi) is 3.03. The van der Waals surface area contributed by atoms with E-state index in [1.54, 1.807) is 12.3 Å². The van der Waals surface area contributed by atoms with Crippen LogP contribution < -0.4 is 5.56 Å². The third-order valence-electron chi connectivity index (χ3n) is 2.58. The van der Waals surface area contributed by atoms with Crippen molar-refractivity contribution in [2.75, 3.05) is 13.7 Å². The fourth-order valence-electron chi connectivity index (χ4n) is 1.71. The molecule has 2 rings (SSSR count). The predicted octanol–water partition coefficient (Wildman–Crippen LogP) is 1.14. The molecule has 0 fully saturated rings. The highest BCUT2D eigenvalue weighted by Crippen LogP contribution is 2.11. The number of aromatic nitrogens is 1. The smallest absolute Gasteiger partial charge is 0.260 e. The number of pyridine rings is 1. The van der Waals surface area contributed by atoms with E-state index in [2.05, 4.69) is 0 Å². The van der Waals surface area contributed by atoms with Gasteiger partial charge in [0.05, 0.1) is 6.61 Å². The van der Waals surface area contributed by atoms with Crippen LogP contribution in [0.3, 0.4) is 0 Å². The van der Waals surface area contributed by atoms with Crippen LogP contribution in [0.4, 0.5) is 0 Å². The van der Waals surface area contributed by atoms with Crippen LogP contribution in [-0.2, 0) is 4.74 Å². The van der Waals surface area contributed by atoms with E-state index >= 15 is 0 Å². The molecule has 4 nitrogen and oxygen atoms in total. The third kappa shape index (κ3) is 1.73. The van der Waals surface area contributed by atoms with E-state index < -0.39 is 6.23 Å². The molecule has 0 saturated carbocycles. The Morgan fingerprint density at radius 1 is 1.38 bits per heavy atom. The van der Waals surface area contributed by atoms with Gasteiger partial charge in [-0.05, 0) is 17.5 Å². The van der Waals surface area contributed by atoms with Gasteiger partial charge >= 0.3 is 0 Å². The number of aliphatic hydroxyl groups excluding tert-OH is 1. The van der Waals surface area contributed by atoms with E-state index in [9.17, 15) is 4.79 Å². The molecule has 0 amide bonds. The molecule has 0 aliphatic rings. The van der Waals surface area contributed by atoms with Crippen molar-refractivity contribution in [2.24, 2.45) is 0 Å². The summed E-state index contributed by atoms with van der Waals surface area (Å²) in [7, 11) is 1.46. The second-order valence-electron chi connectivity index (χ2n) is 3.49. The quantitative estimate of drug-likeness (QED) is 0.842. The summed E-state index contributed by atoms with van der Waals surface area (Å²) in [5, 5.41) is 10.6. The molecular weight excluding hydrogens is 206 g/mol. The number of methoxy groups -OCH3 is 1. The summed E-state index contributed by atoms with van der Waals surface area (Å²) < 4.78 is 6.42. The van der Waals surface area contributed by atoms with Gasteiger partial charge in [0, 0.05) is 18.7 Å². The number of rotatable bonds is 3. The normalized spacial score (nSPS) is 12.9. The summed E-state index contributed by atoms with van der Waals surface area (Å²) in [6, 6.07) is 9.17. The molecule has 1 heterocycles. The summed E-state index contributed by atoms with van der Waals surface area (Å²) in [6.07, 6.45) is 1.01.